The van der Waals surface area contributed by atoms with Gasteiger partial charge in [-0.05, 0) is 43.3 Å². The molecule has 3 aromatic rings. The molecule has 7 nitrogen and oxygen atoms in total. The van der Waals surface area contributed by atoms with Crippen molar-refractivity contribution in [3.63, 3.8) is 0 Å². The van der Waals surface area contributed by atoms with Gasteiger partial charge in [-0.25, -0.2) is 0 Å². The van der Waals surface area contributed by atoms with Gasteiger partial charge in [0, 0.05) is 15.4 Å². The molecule has 8 heteroatoms. The van der Waals surface area contributed by atoms with Crippen LogP contribution in [-0.4, -0.2) is 23.9 Å². The first-order chi connectivity index (χ1) is 13.9. The molecule has 29 heavy (non-hydrogen) atoms. The first-order valence-electron chi connectivity index (χ1n) is 8.38. The summed E-state index contributed by atoms with van der Waals surface area (Å²) in [5, 5.41) is 21.6. The summed E-state index contributed by atoms with van der Waals surface area (Å²) in [6.45, 7) is 1.22. The molecule has 1 aromatic heterocycles. The number of carbonyl (C=O) groups excluding carboxylic acids is 2. The van der Waals surface area contributed by atoms with Crippen molar-refractivity contribution in [3.8, 4) is 11.8 Å². The molecule has 0 radical (unpaired) electrons. The van der Waals surface area contributed by atoms with Crippen LogP contribution in [0.3, 0.4) is 0 Å². The van der Waals surface area contributed by atoms with Gasteiger partial charge >= 0.3 is 0 Å². The number of nitrogens with zero attached hydrogens (tertiary/aromatic N) is 1. The first kappa shape index (κ1) is 20.2. The van der Waals surface area contributed by atoms with E-state index in [4.69, 9.17) is 14.4 Å². The fourth-order valence-electron chi connectivity index (χ4n) is 2.74. The highest BCUT2D eigenvalue weighted by molar-refractivity contribution is 9.10. The quantitative estimate of drug-likeness (QED) is 0.249. The van der Waals surface area contributed by atoms with E-state index < -0.39 is 23.0 Å². The van der Waals surface area contributed by atoms with E-state index in [9.17, 15) is 14.7 Å². The van der Waals surface area contributed by atoms with Gasteiger partial charge < -0.3 is 19.6 Å². The van der Waals surface area contributed by atoms with Crippen molar-refractivity contribution >= 4 is 44.3 Å². The standard InChI is InChI=1S/C21H15BrN2O5/c1-11(25)15(10-23)21(27)24-17-14-4-3-5-16(28-2)19(14)29-20(17)18(26)12-6-8-13(22)9-7-12/h3-9,25H,1-2H3,(H,24,27)/b15-11+. The fourth-order valence-corrected chi connectivity index (χ4v) is 3.01. The number of aliphatic hydroxyl groups is 1. The monoisotopic (exact) mass is 454 g/mol. The number of rotatable bonds is 5. The maximum absolute atomic E-state index is 13.1. The maximum Gasteiger partial charge on any atom is 0.269 e. The highest BCUT2D eigenvalue weighted by Crippen LogP contribution is 2.37. The van der Waals surface area contributed by atoms with Gasteiger partial charge in [-0.1, -0.05) is 22.0 Å². The minimum atomic E-state index is -0.858. The number of carbonyl (C=O) groups is 2. The fraction of sp³-hybridized carbons (Fsp3) is 0.0952. The summed E-state index contributed by atoms with van der Waals surface area (Å²) < 4.78 is 11.9. The second-order valence-electron chi connectivity index (χ2n) is 6.01. The third-order valence-electron chi connectivity index (χ3n) is 4.15. The number of ether oxygens (including phenoxy) is 1. The number of hydrogen-bond acceptors (Lipinski definition) is 6. The van der Waals surface area contributed by atoms with Crippen LogP contribution < -0.4 is 10.1 Å². The number of amides is 1. The van der Waals surface area contributed by atoms with E-state index in [0.717, 1.165) is 4.47 Å². The number of benzene rings is 2. The second kappa shape index (κ2) is 8.20. The van der Waals surface area contributed by atoms with Crippen LogP contribution in [0.1, 0.15) is 23.0 Å². The third-order valence-corrected chi connectivity index (χ3v) is 4.68. The summed E-state index contributed by atoms with van der Waals surface area (Å²) in [5.74, 6) is -1.50. The molecule has 0 saturated heterocycles. The lowest BCUT2D eigenvalue weighted by molar-refractivity contribution is -0.112. The Labute approximate surface area is 174 Å². The number of para-hydroxylation sites is 1. The number of hydrogen-bond donors (Lipinski definition) is 2. The molecule has 1 amide bonds. The summed E-state index contributed by atoms with van der Waals surface area (Å²) in [4.78, 5) is 25.6. The minimum Gasteiger partial charge on any atom is -0.511 e. The van der Waals surface area contributed by atoms with Gasteiger partial charge in [0.1, 0.15) is 11.8 Å². The number of fused-ring (bicyclic) bond motifs is 1. The number of aliphatic hydroxyl groups excluding tert-OH is 1. The number of ketones is 1. The molecule has 0 saturated carbocycles. The Hall–Kier alpha value is -3.57. The van der Waals surface area contributed by atoms with Gasteiger partial charge in [-0.3, -0.25) is 9.59 Å². The number of furan rings is 1. The third kappa shape index (κ3) is 3.86. The largest absolute Gasteiger partial charge is 0.511 e. The Kier molecular flexibility index (Phi) is 5.71. The topological polar surface area (TPSA) is 113 Å². The summed E-state index contributed by atoms with van der Waals surface area (Å²) >= 11 is 3.31. The van der Waals surface area contributed by atoms with Gasteiger partial charge in [-0.15, -0.1) is 0 Å². The first-order valence-corrected chi connectivity index (χ1v) is 9.17. The van der Waals surface area contributed by atoms with E-state index in [1.54, 1.807) is 48.5 Å². The lowest BCUT2D eigenvalue weighted by Gasteiger charge is -2.06. The maximum atomic E-state index is 13.1. The van der Waals surface area contributed by atoms with E-state index in [-0.39, 0.29) is 17.0 Å². The van der Waals surface area contributed by atoms with E-state index in [1.807, 2.05) is 0 Å². The molecule has 0 aliphatic rings. The molecule has 146 valence electrons. The van der Waals surface area contributed by atoms with Crippen LogP contribution in [-0.2, 0) is 4.79 Å². The molecule has 3 rings (SSSR count). The van der Waals surface area contributed by atoms with Crippen LogP contribution in [0.15, 0.2) is 62.7 Å². The van der Waals surface area contributed by atoms with Crippen LogP contribution in [0.25, 0.3) is 11.0 Å². The molecule has 0 aliphatic heterocycles. The van der Waals surface area contributed by atoms with Crippen molar-refractivity contribution in [3.05, 3.63) is 69.6 Å². The van der Waals surface area contributed by atoms with Crippen LogP contribution in [0.5, 0.6) is 5.75 Å². The molecule has 2 N–H and O–H groups in total. The van der Waals surface area contributed by atoms with Crippen molar-refractivity contribution in [2.45, 2.75) is 6.92 Å². The number of anilines is 1. The van der Waals surface area contributed by atoms with E-state index in [1.165, 1.54) is 14.0 Å². The second-order valence-corrected chi connectivity index (χ2v) is 6.92. The van der Waals surface area contributed by atoms with Crippen LogP contribution >= 0.6 is 15.9 Å². The SMILES string of the molecule is COc1cccc2c(NC(=O)/C(C#N)=C(\C)O)c(C(=O)c3ccc(Br)cc3)oc12. The average Bonchev–Trinajstić information content (AvgIpc) is 3.06. The number of halogens is 1. The smallest absolute Gasteiger partial charge is 0.269 e. The number of nitrogens with one attached hydrogen (secondary N) is 1. The molecular weight excluding hydrogens is 440 g/mol. The molecule has 0 spiro atoms. The average molecular weight is 455 g/mol. The predicted octanol–water partition coefficient (Wildman–Crippen LogP) is 4.73. The van der Waals surface area contributed by atoms with Gasteiger partial charge in [-0.2, -0.15) is 5.26 Å². The van der Waals surface area contributed by atoms with Crippen LogP contribution in [0.2, 0.25) is 0 Å². The Morgan fingerprint density at radius 2 is 1.90 bits per heavy atom. The van der Waals surface area contributed by atoms with Crippen LogP contribution in [0, 0.1) is 11.3 Å². The van der Waals surface area contributed by atoms with Gasteiger partial charge in [0.25, 0.3) is 5.91 Å². The zero-order valence-electron chi connectivity index (χ0n) is 15.4. The molecule has 0 bridgehead atoms. The molecular formula is C21H15BrN2O5. The molecule has 2 aromatic carbocycles. The summed E-state index contributed by atoms with van der Waals surface area (Å²) in [6, 6.07) is 13.3. The zero-order valence-corrected chi connectivity index (χ0v) is 17.0. The molecule has 1 heterocycles. The molecule has 0 unspecified atom stereocenters. The summed E-state index contributed by atoms with van der Waals surface area (Å²) in [6.07, 6.45) is 0. The summed E-state index contributed by atoms with van der Waals surface area (Å²) in [7, 11) is 1.46. The van der Waals surface area contributed by atoms with Crippen molar-refractivity contribution in [1.29, 1.82) is 5.26 Å². The van der Waals surface area contributed by atoms with E-state index in [0.29, 0.717) is 16.7 Å². The number of nitriles is 1. The minimum absolute atomic E-state index is 0.0887. The Balaban J connectivity index is 2.18. The lowest BCUT2D eigenvalue weighted by atomic mass is 10.1. The van der Waals surface area contributed by atoms with Crippen molar-refractivity contribution in [1.82, 2.24) is 0 Å². The molecule has 0 fully saturated rings. The molecule has 0 atom stereocenters. The van der Waals surface area contributed by atoms with Gasteiger partial charge in [0.05, 0.1) is 12.8 Å². The Bertz CT molecular complexity index is 1180. The Morgan fingerprint density at radius 1 is 1.21 bits per heavy atom. The highest BCUT2D eigenvalue weighted by atomic mass is 79.9. The van der Waals surface area contributed by atoms with E-state index >= 15 is 0 Å². The van der Waals surface area contributed by atoms with Gasteiger partial charge in [0.15, 0.2) is 22.7 Å². The van der Waals surface area contributed by atoms with Crippen LogP contribution in [0.4, 0.5) is 5.69 Å². The molecule has 0 aliphatic carbocycles. The van der Waals surface area contributed by atoms with Crippen molar-refractivity contribution < 1.29 is 23.8 Å². The Morgan fingerprint density at radius 3 is 2.48 bits per heavy atom. The van der Waals surface area contributed by atoms with E-state index in [2.05, 4.69) is 21.2 Å². The summed E-state index contributed by atoms with van der Waals surface area (Å²) in [5.41, 5.74) is 0.236. The number of allylic oxidation sites excluding steroid dienone is 1. The lowest BCUT2D eigenvalue weighted by Crippen LogP contribution is -2.16. The predicted molar refractivity (Wildman–Crippen MR) is 110 cm³/mol. The highest BCUT2D eigenvalue weighted by Gasteiger charge is 2.26. The normalized spacial score (nSPS) is 11.5. The van der Waals surface area contributed by atoms with Crippen molar-refractivity contribution in [2.24, 2.45) is 0 Å². The zero-order chi connectivity index (χ0) is 21.1. The van der Waals surface area contributed by atoms with Gasteiger partial charge in [0.2, 0.25) is 5.78 Å². The number of methoxy groups -OCH3 is 1. The van der Waals surface area contributed by atoms with Crippen molar-refractivity contribution in [2.75, 3.05) is 12.4 Å².